The van der Waals surface area contributed by atoms with E-state index in [4.69, 9.17) is 26.8 Å². The monoisotopic (exact) mass is 380 g/mol. The molecular formula is C20H29ClN2O3. The van der Waals surface area contributed by atoms with Gasteiger partial charge in [0.25, 0.3) is 5.91 Å². The lowest BCUT2D eigenvalue weighted by Crippen LogP contribution is -2.50. The number of ether oxygens (including phenoxy) is 2. The van der Waals surface area contributed by atoms with Crippen molar-refractivity contribution in [3.8, 4) is 5.75 Å². The molecule has 0 bridgehead atoms. The van der Waals surface area contributed by atoms with E-state index in [2.05, 4.69) is 6.92 Å². The number of morpholine rings is 1. The Hall–Kier alpha value is -1.30. The molecule has 1 aliphatic carbocycles. The zero-order valence-corrected chi connectivity index (χ0v) is 16.2. The summed E-state index contributed by atoms with van der Waals surface area (Å²) in [5.41, 5.74) is 6.05. The zero-order valence-electron chi connectivity index (χ0n) is 15.5. The molecule has 0 aromatic heterocycles. The molecule has 5 nitrogen and oxygen atoms in total. The summed E-state index contributed by atoms with van der Waals surface area (Å²) in [5, 5.41) is 0.531. The van der Waals surface area contributed by atoms with Gasteiger partial charge in [-0.05, 0) is 43.4 Å². The minimum Gasteiger partial charge on any atom is -0.491 e. The van der Waals surface area contributed by atoms with Crippen molar-refractivity contribution in [3.05, 3.63) is 28.8 Å². The van der Waals surface area contributed by atoms with Crippen LogP contribution >= 0.6 is 11.6 Å². The maximum atomic E-state index is 13.2. The summed E-state index contributed by atoms with van der Waals surface area (Å²) in [5.74, 6) is 1.11. The number of unbranched alkanes of at least 4 members (excludes halogenated alkanes) is 1. The molecule has 6 heteroatoms. The first-order chi connectivity index (χ1) is 12.6. The predicted octanol–water partition coefficient (Wildman–Crippen LogP) is 3.49. The Bertz CT molecular complexity index is 621. The average molecular weight is 381 g/mol. The van der Waals surface area contributed by atoms with Crippen LogP contribution in [0, 0.1) is 5.92 Å². The van der Waals surface area contributed by atoms with E-state index in [1.807, 2.05) is 4.90 Å². The summed E-state index contributed by atoms with van der Waals surface area (Å²) in [6.07, 6.45) is 5.92. The van der Waals surface area contributed by atoms with Crippen LogP contribution in [0.25, 0.3) is 0 Å². The third kappa shape index (κ3) is 4.90. The first-order valence-electron chi connectivity index (χ1n) is 9.69. The number of nitrogens with zero attached hydrogens (tertiary/aromatic N) is 1. The summed E-state index contributed by atoms with van der Waals surface area (Å²) in [7, 11) is 0. The highest BCUT2D eigenvalue weighted by molar-refractivity contribution is 6.31. The Kier molecular flexibility index (Phi) is 6.79. The second-order valence-corrected chi connectivity index (χ2v) is 7.70. The van der Waals surface area contributed by atoms with E-state index in [-0.39, 0.29) is 18.1 Å². The van der Waals surface area contributed by atoms with Gasteiger partial charge in [-0.1, -0.05) is 31.4 Å². The first-order valence-corrected chi connectivity index (χ1v) is 10.1. The smallest absolute Gasteiger partial charge is 0.257 e. The van der Waals surface area contributed by atoms with Crippen molar-refractivity contribution < 1.29 is 14.3 Å². The van der Waals surface area contributed by atoms with Gasteiger partial charge in [0.15, 0.2) is 0 Å². The van der Waals surface area contributed by atoms with Gasteiger partial charge in [0.2, 0.25) is 0 Å². The number of rotatable bonds is 8. The van der Waals surface area contributed by atoms with E-state index < -0.39 is 0 Å². The predicted molar refractivity (Wildman–Crippen MR) is 103 cm³/mol. The van der Waals surface area contributed by atoms with Crippen LogP contribution in [0.15, 0.2) is 18.2 Å². The van der Waals surface area contributed by atoms with Crippen LogP contribution < -0.4 is 10.5 Å². The van der Waals surface area contributed by atoms with Gasteiger partial charge in [-0.2, -0.15) is 0 Å². The quantitative estimate of drug-likeness (QED) is 0.749. The number of amides is 1. The normalized spacial score (nSPS) is 23.1. The van der Waals surface area contributed by atoms with Crippen molar-refractivity contribution in [2.24, 2.45) is 11.7 Å². The van der Waals surface area contributed by atoms with Crippen LogP contribution in [0.2, 0.25) is 5.02 Å². The van der Waals surface area contributed by atoms with Gasteiger partial charge in [0, 0.05) is 24.7 Å². The Morgan fingerprint density at radius 1 is 1.38 bits per heavy atom. The van der Waals surface area contributed by atoms with Crippen LogP contribution in [-0.4, -0.2) is 49.3 Å². The van der Waals surface area contributed by atoms with Gasteiger partial charge >= 0.3 is 0 Å². The summed E-state index contributed by atoms with van der Waals surface area (Å²) in [6, 6.07) is 5.18. The van der Waals surface area contributed by atoms with E-state index in [9.17, 15) is 4.79 Å². The number of benzene rings is 1. The van der Waals surface area contributed by atoms with Gasteiger partial charge in [0.05, 0.1) is 17.8 Å². The molecule has 1 aromatic rings. The fraction of sp³-hybridized carbons (Fsp3) is 0.650. The SMILES string of the molecule is CCCC[C@@H]1CN(C(=O)c2cc(Cl)ccc2OCCN)C[C@H](C2CC2)O1. The Labute approximate surface area is 160 Å². The Morgan fingerprint density at radius 3 is 2.88 bits per heavy atom. The molecule has 2 fully saturated rings. The Balaban J connectivity index is 1.77. The minimum absolute atomic E-state index is 0.0324. The molecule has 1 saturated heterocycles. The van der Waals surface area contributed by atoms with Crippen LogP contribution in [0.5, 0.6) is 5.75 Å². The topological polar surface area (TPSA) is 64.8 Å². The number of hydrogen-bond donors (Lipinski definition) is 1. The number of hydrogen-bond acceptors (Lipinski definition) is 4. The number of nitrogens with two attached hydrogens (primary N) is 1. The van der Waals surface area contributed by atoms with Crippen molar-refractivity contribution in [1.29, 1.82) is 0 Å². The first kappa shape index (κ1) is 19.5. The fourth-order valence-electron chi connectivity index (χ4n) is 3.49. The van der Waals surface area contributed by atoms with Crippen LogP contribution in [0.4, 0.5) is 0 Å². The minimum atomic E-state index is -0.0324. The van der Waals surface area contributed by atoms with Gasteiger partial charge in [-0.3, -0.25) is 4.79 Å². The molecule has 1 aromatic carbocycles. The highest BCUT2D eigenvalue weighted by Crippen LogP contribution is 2.38. The van der Waals surface area contributed by atoms with Crippen LogP contribution in [-0.2, 0) is 4.74 Å². The van der Waals surface area contributed by atoms with E-state index >= 15 is 0 Å². The standard InChI is InChI=1S/C20H29ClN2O3/c1-2-3-4-16-12-23(13-19(26-16)14-5-6-14)20(24)17-11-15(21)7-8-18(17)25-10-9-22/h7-8,11,14,16,19H,2-6,9-10,12-13,22H2,1H3/t16-,19-/m1/s1. The summed E-state index contributed by atoms with van der Waals surface area (Å²) in [4.78, 5) is 15.2. The van der Waals surface area contributed by atoms with Crippen LogP contribution in [0.3, 0.4) is 0 Å². The highest BCUT2D eigenvalue weighted by Gasteiger charge is 2.40. The molecule has 0 radical (unpaired) electrons. The lowest BCUT2D eigenvalue weighted by Gasteiger charge is -2.38. The van der Waals surface area contributed by atoms with Crippen molar-refractivity contribution in [2.75, 3.05) is 26.2 Å². The summed E-state index contributed by atoms with van der Waals surface area (Å²) >= 11 is 6.14. The molecule has 0 unspecified atom stereocenters. The third-order valence-electron chi connectivity index (χ3n) is 5.05. The molecule has 26 heavy (non-hydrogen) atoms. The van der Waals surface area contributed by atoms with Crippen molar-refractivity contribution in [1.82, 2.24) is 4.90 Å². The molecule has 1 amide bonds. The molecule has 1 heterocycles. The highest BCUT2D eigenvalue weighted by atomic mass is 35.5. The fourth-order valence-corrected chi connectivity index (χ4v) is 3.66. The van der Waals surface area contributed by atoms with E-state index in [0.717, 1.165) is 19.3 Å². The van der Waals surface area contributed by atoms with Gasteiger partial charge in [-0.15, -0.1) is 0 Å². The Morgan fingerprint density at radius 2 is 2.19 bits per heavy atom. The summed E-state index contributed by atoms with van der Waals surface area (Å²) < 4.78 is 11.9. The number of carbonyl (C=O) groups is 1. The molecule has 1 saturated carbocycles. The van der Waals surface area contributed by atoms with Crippen molar-refractivity contribution in [2.45, 2.75) is 51.2 Å². The molecule has 2 aliphatic rings. The molecular weight excluding hydrogens is 352 g/mol. The lowest BCUT2D eigenvalue weighted by atomic mass is 10.1. The average Bonchev–Trinajstić information content (AvgIpc) is 3.49. The summed E-state index contributed by atoms with van der Waals surface area (Å²) in [6.45, 7) is 4.22. The van der Waals surface area contributed by atoms with Crippen molar-refractivity contribution >= 4 is 17.5 Å². The largest absolute Gasteiger partial charge is 0.491 e. The zero-order chi connectivity index (χ0) is 18.5. The molecule has 2 N–H and O–H groups in total. The van der Waals surface area contributed by atoms with E-state index in [0.29, 0.717) is 48.5 Å². The second-order valence-electron chi connectivity index (χ2n) is 7.26. The molecule has 144 valence electrons. The maximum Gasteiger partial charge on any atom is 0.257 e. The number of carbonyl (C=O) groups excluding carboxylic acids is 1. The van der Waals surface area contributed by atoms with E-state index in [1.165, 1.54) is 12.8 Å². The third-order valence-corrected chi connectivity index (χ3v) is 5.29. The maximum absolute atomic E-state index is 13.2. The molecule has 1 aliphatic heterocycles. The molecule has 0 spiro atoms. The van der Waals surface area contributed by atoms with Gasteiger partial charge in [0.1, 0.15) is 12.4 Å². The van der Waals surface area contributed by atoms with Crippen LogP contribution in [0.1, 0.15) is 49.4 Å². The van der Waals surface area contributed by atoms with E-state index in [1.54, 1.807) is 18.2 Å². The second kappa shape index (κ2) is 9.07. The molecule has 2 atom stereocenters. The van der Waals surface area contributed by atoms with Gasteiger partial charge < -0.3 is 20.1 Å². The number of halogens is 1. The van der Waals surface area contributed by atoms with Crippen molar-refractivity contribution in [3.63, 3.8) is 0 Å². The van der Waals surface area contributed by atoms with Gasteiger partial charge in [-0.25, -0.2) is 0 Å². The lowest BCUT2D eigenvalue weighted by molar-refractivity contribution is -0.0874. The molecule has 3 rings (SSSR count).